The van der Waals surface area contributed by atoms with Crippen molar-refractivity contribution in [3.63, 3.8) is 0 Å². The Labute approximate surface area is 53.8 Å². The highest BCUT2D eigenvalue weighted by Gasteiger charge is 2.04. The maximum atomic E-state index is 10.0. The molecular weight excluding hydrogens is 118 g/mol. The highest BCUT2D eigenvalue weighted by atomic mass is 16.6. The van der Waals surface area contributed by atoms with Gasteiger partial charge in [0.1, 0.15) is 0 Å². The van der Waals surface area contributed by atoms with Crippen LogP contribution >= 0.6 is 0 Å². The van der Waals surface area contributed by atoms with E-state index >= 15 is 0 Å². The molecule has 0 saturated carbocycles. The number of nitrogens with zero attached hydrogens (tertiary/aromatic N) is 1. The molecule has 0 aliphatic heterocycles. The Balaban J connectivity index is 4.55. The van der Waals surface area contributed by atoms with Crippen LogP contribution in [-0.4, -0.2) is 4.92 Å². The monoisotopic (exact) mass is 127 g/mol. The highest BCUT2D eigenvalue weighted by molar-refractivity contribution is 5.13. The van der Waals surface area contributed by atoms with Crippen molar-refractivity contribution in [2.75, 3.05) is 0 Å². The normalized spacial score (nSPS) is 8.22. The molecular formula is C6H9NO2. The van der Waals surface area contributed by atoms with Gasteiger partial charge in [0.05, 0.1) is 4.92 Å². The first-order valence-electron chi connectivity index (χ1n) is 2.54. The average molecular weight is 127 g/mol. The summed E-state index contributed by atoms with van der Waals surface area (Å²) in [4.78, 5) is 9.61. The SMILES string of the molecule is C=CC(=C(C)C)[N+](=O)[O-]. The molecule has 3 heteroatoms. The third-order valence-corrected chi connectivity index (χ3v) is 0.902. The second kappa shape index (κ2) is 3.02. The van der Waals surface area contributed by atoms with Gasteiger partial charge in [-0.25, -0.2) is 0 Å². The largest absolute Gasteiger partial charge is 0.267 e. The Hall–Kier alpha value is -1.12. The molecule has 3 nitrogen and oxygen atoms in total. The van der Waals surface area contributed by atoms with Crippen molar-refractivity contribution in [3.8, 4) is 0 Å². The van der Waals surface area contributed by atoms with Crippen molar-refractivity contribution in [2.24, 2.45) is 0 Å². The van der Waals surface area contributed by atoms with Crippen molar-refractivity contribution < 1.29 is 4.92 Å². The molecule has 0 heterocycles. The smallest absolute Gasteiger partial charge is 0.258 e. The summed E-state index contributed by atoms with van der Waals surface area (Å²) < 4.78 is 0. The van der Waals surface area contributed by atoms with E-state index in [0.29, 0.717) is 5.57 Å². The second-order valence-electron chi connectivity index (χ2n) is 1.85. The third-order valence-electron chi connectivity index (χ3n) is 0.902. The predicted octanol–water partition coefficient (Wildman–Crippen LogP) is 1.74. The molecule has 0 spiro atoms. The fourth-order valence-electron chi connectivity index (χ4n) is 0.461. The third kappa shape index (κ3) is 2.08. The predicted molar refractivity (Wildman–Crippen MR) is 35.6 cm³/mol. The van der Waals surface area contributed by atoms with Crippen LogP contribution in [0.4, 0.5) is 0 Å². The zero-order chi connectivity index (χ0) is 7.44. The Morgan fingerprint density at radius 2 is 2.11 bits per heavy atom. The van der Waals surface area contributed by atoms with Crippen molar-refractivity contribution in [1.29, 1.82) is 0 Å². The minimum Gasteiger partial charge on any atom is -0.258 e. The summed E-state index contributed by atoms with van der Waals surface area (Å²) in [6.07, 6.45) is 1.25. The Morgan fingerprint density at radius 1 is 1.67 bits per heavy atom. The van der Waals surface area contributed by atoms with E-state index in [2.05, 4.69) is 6.58 Å². The van der Waals surface area contributed by atoms with Gasteiger partial charge in [-0.1, -0.05) is 6.58 Å². The topological polar surface area (TPSA) is 43.1 Å². The van der Waals surface area contributed by atoms with Crippen LogP contribution in [0.15, 0.2) is 23.9 Å². The van der Waals surface area contributed by atoms with Gasteiger partial charge in [0.15, 0.2) is 0 Å². The van der Waals surface area contributed by atoms with Crippen LogP contribution in [0.5, 0.6) is 0 Å². The lowest BCUT2D eigenvalue weighted by Gasteiger charge is -1.90. The van der Waals surface area contributed by atoms with Crippen molar-refractivity contribution in [1.82, 2.24) is 0 Å². The van der Waals surface area contributed by atoms with Crippen LogP contribution in [0, 0.1) is 10.1 Å². The second-order valence-corrected chi connectivity index (χ2v) is 1.85. The zero-order valence-corrected chi connectivity index (χ0v) is 5.55. The van der Waals surface area contributed by atoms with E-state index < -0.39 is 4.92 Å². The molecule has 50 valence electrons. The van der Waals surface area contributed by atoms with Crippen molar-refractivity contribution >= 4 is 0 Å². The van der Waals surface area contributed by atoms with E-state index in [1.807, 2.05) is 0 Å². The fourth-order valence-corrected chi connectivity index (χ4v) is 0.461. The first-order chi connectivity index (χ1) is 4.09. The molecule has 0 aliphatic rings. The lowest BCUT2D eigenvalue weighted by Crippen LogP contribution is -1.96. The van der Waals surface area contributed by atoms with Crippen molar-refractivity contribution in [3.05, 3.63) is 34.0 Å². The lowest BCUT2D eigenvalue weighted by molar-refractivity contribution is -0.420. The number of nitro groups is 1. The molecule has 0 rings (SSSR count). The van der Waals surface area contributed by atoms with E-state index in [1.54, 1.807) is 13.8 Å². The molecule has 0 amide bonds. The minimum atomic E-state index is -0.442. The van der Waals surface area contributed by atoms with E-state index in [-0.39, 0.29) is 5.70 Å². The molecule has 0 unspecified atom stereocenters. The molecule has 0 aliphatic carbocycles. The first kappa shape index (κ1) is 7.88. The molecule has 0 saturated heterocycles. The quantitative estimate of drug-likeness (QED) is 0.322. The van der Waals surface area contributed by atoms with Gasteiger partial charge >= 0.3 is 0 Å². The molecule has 0 atom stereocenters. The number of allylic oxidation sites excluding steroid dienone is 2. The number of hydrogen-bond acceptors (Lipinski definition) is 2. The summed E-state index contributed by atoms with van der Waals surface area (Å²) in [7, 11) is 0. The maximum absolute atomic E-state index is 10.0. The fraction of sp³-hybridized carbons (Fsp3) is 0.333. The molecule has 0 N–H and O–H groups in total. The van der Waals surface area contributed by atoms with Crippen LogP contribution in [-0.2, 0) is 0 Å². The zero-order valence-electron chi connectivity index (χ0n) is 5.55. The van der Waals surface area contributed by atoms with Gasteiger partial charge in [0, 0.05) is 11.6 Å². The van der Waals surface area contributed by atoms with Gasteiger partial charge in [-0.05, 0) is 13.8 Å². The summed E-state index contributed by atoms with van der Waals surface area (Å²) in [5.74, 6) is 0. The average Bonchev–Trinajstić information content (AvgIpc) is 1.64. The molecule has 0 fully saturated rings. The molecule has 0 aromatic heterocycles. The van der Waals surface area contributed by atoms with Gasteiger partial charge in [0.25, 0.3) is 5.70 Å². The van der Waals surface area contributed by atoms with Crippen LogP contribution in [0.1, 0.15) is 13.8 Å². The minimum absolute atomic E-state index is 0.0926. The molecule has 0 aromatic carbocycles. The molecule has 9 heavy (non-hydrogen) atoms. The van der Waals surface area contributed by atoms with E-state index in [1.165, 1.54) is 6.08 Å². The van der Waals surface area contributed by atoms with E-state index in [9.17, 15) is 10.1 Å². The summed E-state index contributed by atoms with van der Waals surface area (Å²) in [6.45, 7) is 6.66. The van der Waals surface area contributed by atoms with Crippen LogP contribution in [0.3, 0.4) is 0 Å². The summed E-state index contributed by atoms with van der Waals surface area (Å²) in [5, 5.41) is 10.0. The lowest BCUT2D eigenvalue weighted by atomic mass is 10.3. The van der Waals surface area contributed by atoms with Crippen LogP contribution < -0.4 is 0 Å². The number of hydrogen-bond donors (Lipinski definition) is 0. The highest BCUT2D eigenvalue weighted by Crippen LogP contribution is 2.03. The van der Waals surface area contributed by atoms with Crippen molar-refractivity contribution in [2.45, 2.75) is 13.8 Å². The van der Waals surface area contributed by atoms with Crippen LogP contribution in [0.25, 0.3) is 0 Å². The Bertz CT molecular complexity index is 166. The van der Waals surface area contributed by atoms with Gasteiger partial charge in [-0.15, -0.1) is 0 Å². The number of rotatable bonds is 2. The summed E-state index contributed by atoms with van der Waals surface area (Å²) in [6, 6.07) is 0. The van der Waals surface area contributed by atoms with E-state index in [0.717, 1.165) is 0 Å². The van der Waals surface area contributed by atoms with Gasteiger partial charge in [0.2, 0.25) is 0 Å². The van der Waals surface area contributed by atoms with Gasteiger partial charge in [-0.3, -0.25) is 10.1 Å². The maximum Gasteiger partial charge on any atom is 0.267 e. The molecule has 0 aromatic rings. The van der Waals surface area contributed by atoms with E-state index in [4.69, 9.17) is 0 Å². The van der Waals surface area contributed by atoms with Gasteiger partial charge in [-0.2, -0.15) is 0 Å². The van der Waals surface area contributed by atoms with Gasteiger partial charge < -0.3 is 0 Å². The first-order valence-corrected chi connectivity index (χ1v) is 2.54. The molecule has 0 radical (unpaired) electrons. The summed E-state index contributed by atoms with van der Waals surface area (Å²) >= 11 is 0. The Kier molecular flexibility index (Phi) is 2.64. The van der Waals surface area contributed by atoms with Crippen LogP contribution in [0.2, 0.25) is 0 Å². The standard InChI is InChI=1S/C6H9NO2/c1-4-6(5(2)3)7(8)9/h4H,1H2,2-3H3. The molecule has 0 bridgehead atoms. The summed E-state index contributed by atoms with van der Waals surface area (Å²) in [5.41, 5.74) is 0.769. The Morgan fingerprint density at radius 3 is 2.11 bits per heavy atom.